The Morgan fingerprint density at radius 3 is 2.82 bits per heavy atom. The number of ether oxygens (including phenoxy) is 2. The van der Waals surface area contributed by atoms with Crippen molar-refractivity contribution in [3.63, 3.8) is 0 Å². The molecular formula is C16H21ClN2O3. The highest BCUT2D eigenvalue weighted by Crippen LogP contribution is 2.24. The number of nitrogens with zero attached hydrogens (tertiary/aromatic N) is 1. The largest absolute Gasteiger partial charge is 0.375 e. The van der Waals surface area contributed by atoms with Crippen LogP contribution in [0.5, 0.6) is 0 Å². The van der Waals surface area contributed by atoms with E-state index >= 15 is 0 Å². The molecule has 5 nitrogen and oxygen atoms in total. The second-order valence-electron chi connectivity index (χ2n) is 5.65. The molecule has 1 aromatic carbocycles. The Hall–Kier alpha value is -1.14. The van der Waals surface area contributed by atoms with Crippen LogP contribution >= 0.6 is 11.6 Å². The Morgan fingerprint density at radius 1 is 1.27 bits per heavy atom. The molecule has 0 aliphatic carbocycles. The average molecular weight is 325 g/mol. The van der Waals surface area contributed by atoms with Crippen LogP contribution in [-0.4, -0.2) is 56.3 Å². The normalized spacial score (nSPS) is 26.0. The van der Waals surface area contributed by atoms with Crippen LogP contribution in [0.2, 0.25) is 5.02 Å². The Bertz CT molecular complexity index is 503. The van der Waals surface area contributed by atoms with E-state index in [-0.39, 0.29) is 18.1 Å². The molecule has 0 spiro atoms. The molecule has 1 aromatic rings. The van der Waals surface area contributed by atoms with Gasteiger partial charge in [0.15, 0.2) is 0 Å². The van der Waals surface area contributed by atoms with Crippen molar-refractivity contribution in [2.45, 2.75) is 18.6 Å². The number of amides is 1. The summed E-state index contributed by atoms with van der Waals surface area (Å²) in [6.07, 6.45) is 0.332. The van der Waals surface area contributed by atoms with Gasteiger partial charge in [-0.3, -0.25) is 4.79 Å². The van der Waals surface area contributed by atoms with E-state index < -0.39 is 0 Å². The van der Waals surface area contributed by atoms with Gasteiger partial charge in [-0.2, -0.15) is 0 Å². The third kappa shape index (κ3) is 3.98. The number of nitrogens with one attached hydrogen (secondary N) is 1. The van der Waals surface area contributed by atoms with Gasteiger partial charge in [0.25, 0.3) is 0 Å². The van der Waals surface area contributed by atoms with Gasteiger partial charge in [-0.15, -0.1) is 0 Å². The zero-order chi connectivity index (χ0) is 15.4. The first-order valence-corrected chi connectivity index (χ1v) is 8.07. The van der Waals surface area contributed by atoms with Gasteiger partial charge >= 0.3 is 0 Å². The molecule has 1 amide bonds. The molecule has 1 N–H and O–H groups in total. The monoisotopic (exact) mass is 324 g/mol. The van der Waals surface area contributed by atoms with Gasteiger partial charge in [0.05, 0.1) is 32.3 Å². The van der Waals surface area contributed by atoms with E-state index in [1.54, 1.807) is 0 Å². The van der Waals surface area contributed by atoms with Crippen molar-refractivity contribution in [2.24, 2.45) is 0 Å². The Balaban J connectivity index is 1.57. The molecule has 2 heterocycles. The van der Waals surface area contributed by atoms with Crippen LogP contribution in [0.3, 0.4) is 0 Å². The lowest BCUT2D eigenvalue weighted by Gasteiger charge is -2.34. The van der Waals surface area contributed by atoms with Crippen molar-refractivity contribution in [1.29, 1.82) is 0 Å². The Morgan fingerprint density at radius 2 is 2.09 bits per heavy atom. The van der Waals surface area contributed by atoms with E-state index in [0.717, 1.165) is 18.7 Å². The summed E-state index contributed by atoms with van der Waals surface area (Å²) in [4.78, 5) is 14.3. The van der Waals surface area contributed by atoms with Crippen LogP contribution in [0, 0.1) is 0 Å². The van der Waals surface area contributed by atoms with E-state index in [1.165, 1.54) is 0 Å². The number of halogens is 1. The zero-order valence-electron chi connectivity index (χ0n) is 12.5. The summed E-state index contributed by atoms with van der Waals surface area (Å²) in [7, 11) is 0. The van der Waals surface area contributed by atoms with E-state index in [0.29, 0.717) is 37.7 Å². The van der Waals surface area contributed by atoms with Crippen molar-refractivity contribution in [2.75, 3.05) is 39.4 Å². The van der Waals surface area contributed by atoms with E-state index in [4.69, 9.17) is 21.1 Å². The van der Waals surface area contributed by atoms with Crippen molar-refractivity contribution in [3.8, 4) is 0 Å². The fraction of sp³-hybridized carbons (Fsp3) is 0.562. The molecule has 2 aliphatic heterocycles. The van der Waals surface area contributed by atoms with Gasteiger partial charge in [-0.1, -0.05) is 23.7 Å². The number of carbonyl (C=O) groups excluding carboxylic acids is 1. The number of benzene rings is 1. The van der Waals surface area contributed by atoms with Crippen molar-refractivity contribution < 1.29 is 14.3 Å². The summed E-state index contributed by atoms with van der Waals surface area (Å²) in [6.45, 7) is 4.07. The summed E-state index contributed by atoms with van der Waals surface area (Å²) in [5, 5.41) is 3.95. The van der Waals surface area contributed by atoms with Crippen LogP contribution in [0.4, 0.5) is 0 Å². The summed E-state index contributed by atoms with van der Waals surface area (Å²) < 4.78 is 11.4. The van der Waals surface area contributed by atoms with Crippen LogP contribution in [0.1, 0.15) is 18.1 Å². The minimum absolute atomic E-state index is 0.0157. The summed E-state index contributed by atoms with van der Waals surface area (Å²) in [6, 6.07) is 7.61. The highest BCUT2D eigenvalue weighted by molar-refractivity contribution is 6.30. The molecule has 0 aromatic heterocycles. The maximum Gasteiger partial charge on any atom is 0.225 e. The predicted molar refractivity (Wildman–Crippen MR) is 84.0 cm³/mol. The molecule has 3 rings (SSSR count). The van der Waals surface area contributed by atoms with E-state index in [2.05, 4.69) is 5.32 Å². The van der Waals surface area contributed by atoms with Crippen molar-refractivity contribution in [3.05, 3.63) is 34.9 Å². The highest BCUT2D eigenvalue weighted by Gasteiger charge is 2.27. The van der Waals surface area contributed by atoms with Crippen LogP contribution < -0.4 is 5.32 Å². The molecule has 0 bridgehead atoms. The summed E-state index contributed by atoms with van der Waals surface area (Å²) >= 11 is 5.91. The molecule has 0 radical (unpaired) electrons. The van der Waals surface area contributed by atoms with Gasteiger partial charge in [0.1, 0.15) is 6.10 Å². The summed E-state index contributed by atoms with van der Waals surface area (Å²) in [5.74, 6) is 0.135. The van der Waals surface area contributed by atoms with Crippen molar-refractivity contribution in [1.82, 2.24) is 10.2 Å². The van der Waals surface area contributed by atoms with Gasteiger partial charge < -0.3 is 19.7 Å². The Labute approximate surface area is 135 Å². The molecule has 2 saturated heterocycles. The maximum atomic E-state index is 12.4. The lowest BCUT2D eigenvalue weighted by molar-refractivity contribution is -0.142. The van der Waals surface area contributed by atoms with Crippen LogP contribution in [-0.2, 0) is 14.3 Å². The predicted octanol–water partition coefficient (Wildman–Crippen LogP) is 1.62. The minimum Gasteiger partial charge on any atom is -0.375 e. The number of hydrogen-bond acceptors (Lipinski definition) is 4. The number of morpholine rings is 2. The van der Waals surface area contributed by atoms with E-state index in [9.17, 15) is 4.79 Å². The minimum atomic E-state index is -0.0830. The highest BCUT2D eigenvalue weighted by atomic mass is 35.5. The number of carbonyl (C=O) groups is 1. The van der Waals surface area contributed by atoms with Crippen LogP contribution in [0.25, 0.3) is 0 Å². The standard InChI is InChI=1S/C16H21ClN2O3/c17-13-3-1-12(2-4-13)15-11-19(6-8-22-15)16(20)9-14-10-18-5-7-21-14/h1-4,14-15,18H,5-11H2. The lowest BCUT2D eigenvalue weighted by Crippen LogP contribution is -2.46. The van der Waals surface area contributed by atoms with Gasteiger partial charge in [0, 0.05) is 24.7 Å². The van der Waals surface area contributed by atoms with Gasteiger partial charge in [-0.25, -0.2) is 0 Å². The first-order chi connectivity index (χ1) is 10.7. The zero-order valence-corrected chi connectivity index (χ0v) is 13.2. The third-order valence-electron chi connectivity index (χ3n) is 4.07. The van der Waals surface area contributed by atoms with Crippen molar-refractivity contribution >= 4 is 17.5 Å². The molecule has 6 heteroatoms. The number of rotatable bonds is 3. The SMILES string of the molecule is O=C(CC1CNCCO1)N1CCOC(c2ccc(Cl)cc2)C1. The smallest absolute Gasteiger partial charge is 0.225 e. The maximum absolute atomic E-state index is 12.4. The molecule has 2 aliphatic rings. The first-order valence-electron chi connectivity index (χ1n) is 7.69. The molecule has 22 heavy (non-hydrogen) atoms. The third-order valence-corrected chi connectivity index (χ3v) is 4.32. The van der Waals surface area contributed by atoms with E-state index in [1.807, 2.05) is 29.2 Å². The second kappa shape index (κ2) is 7.42. The van der Waals surface area contributed by atoms with Crippen LogP contribution in [0.15, 0.2) is 24.3 Å². The van der Waals surface area contributed by atoms with Gasteiger partial charge in [-0.05, 0) is 17.7 Å². The topological polar surface area (TPSA) is 50.8 Å². The molecule has 2 unspecified atom stereocenters. The molecular weight excluding hydrogens is 304 g/mol. The second-order valence-corrected chi connectivity index (χ2v) is 6.09. The molecule has 2 atom stereocenters. The fourth-order valence-electron chi connectivity index (χ4n) is 2.83. The first kappa shape index (κ1) is 15.7. The quantitative estimate of drug-likeness (QED) is 0.918. The Kier molecular flexibility index (Phi) is 5.31. The lowest BCUT2D eigenvalue weighted by atomic mass is 10.1. The molecule has 2 fully saturated rings. The number of hydrogen-bond donors (Lipinski definition) is 1. The molecule has 120 valence electrons. The van der Waals surface area contributed by atoms with Gasteiger partial charge in [0.2, 0.25) is 5.91 Å². The molecule has 0 saturated carbocycles. The average Bonchev–Trinajstić information content (AvgIpc) is 2.56. The summed E-state index contributed by atoms with van der Waals surface area (Å²) in [5.41, 5.74) is 1.05. The fourth-order valence-corrected chi connectivity index (χ4v) is 2.96.